The van der Waals surface area contributed by atoms with Crippen molar-refractivity contribution < 1.29 is 20.1 Å². The summed E-state index contributed by atoms with van der Waals surface area (Å²) in [6.07, 6.45) is 0. The highest BCUT2D eigenvalue weighted by Crippen LogP contribution is 2.06. The van der Waals surface area contributed by atoms with Gasteiger partial charge in [-0.1, -0.05) is 0 Å². The van der Waals surface area contributed by atoms with Crippen molar-refractivity contribution in [1.29, 1.82) is 0 Å². The Morgan fingerprint density at radius 2 is 1.50 bits per heavy atom. The quantitative estimate of drug-likeness (QED) is 0.586. The Morgan fingerprint density at radius 1 is 1.10 bits per heavy atom. The van der Waals surface area contributed by atoms with Crippen LogP contribution in [-0.4, -0.2) is 15.7 Å². The summed E-state index contributed by atoms with van der Waals surface area (Å²) in [5.74, 6) is 0.970. The molecule has 4 heteroatoms. The minimum atomic E-state index is -0.111. The SMILES string of the molecule is O.OCc1ccc(CO)o1. The van der Waals surface area contributed by atoms with Crippen LogP contribution in [0.1, 0.15) is 11.5 Å². The summed E-state index contributed by atoms with van der Waals surface area (Å²) in [5.41, 5.74) is 0. The van der Waals surface area contributed by atoms with Crippen molar-refractivity contribution in [3.63, 3.8) is 0 Å². The molecule has 1 aromatic heterocycles. The molecule has 0 spiro atoms. The molecule has 4 N–H and O–H groups in total. The van der Waals surface area contributed by atoms with Gasteiger partial charge in [-0.05, 0) is 12.1 Å². The molecule has 0 aliphatic carbocycles. The van der Waals surface area contributed by atoms with Gasteiger partial charge in [0.05, 0.1) is 0 Å². The van der Waals surface area contributed by atoms with Gasteiger partial charge in [-0.3, -0.25) is 0 Å². The van der Waals surface area contributed by atoms with Crippen LogP contribution < -0.4 is 0 Å². The van der Waals surface area contributed by atoms with E-state index in [1.807, 2.05) is 0 Å². The third-order valence-electron chi connectivity index (χ3n) is 1.03. The molecule has 1 rings (SSSR count). The molecule has 4 nitrogen and oxygen atoms in total. The molecule has 0 atom stereocenters. The molecule has 1 heterocycles. The molecular formula is C6H10O4. The van der Waals surface area contributed by atoms with Crippen molar-refractivity contribution in [1.82, 2.24) is 0 Å². The van der Waals surface area contributed by atoms with Crippen molar-refractivity contribution in [2.45, 2.75) is 13.2 Å². The van der Waals surface area contributed by atoms with Gasteiger partial charge in [0, 0.05) is 0 Å². The molecule has 0 bridgehead atoms. The molecule has 0 saturated carbocycles. The standard InChI is InChI=1S/C6H8O3.H2O/c7-3-5-1-2-6(4-8)9-5;/h1-2,7-8H,3-4H2;1H2. The van der Waals surface area contributed by atoms with Crippen LogP contribution in [0.5, 0.6) is 0 Å². The fourth-order valence-corrected chi connectivity index (χ4v) is 0.592. The Balaban J connectivity index is 0.000000810. The third-order valence-corrected chi connectivity index (χ3v) is 1.03. The molecule has 0 aromatic carbocycles. The fraction of sp³-hybridized carbons (Fsp3) is 0.333. The highest BCUT2D eigenvalue weighted by Gasteiger charge is 1.96. The summed E-state index contributed by atoms with van der Waals surface area (Å²) < 4.78 is 4.88. The number of rotatable bonds is 2. The van der Waals surface area contributed by atoms with Gasteiger partial charge in [-0.15, -0.1) is 0 Å². The first-order valence-electron chi connectivity index (χ1n) is 2.66. The van der Waals surface area contributed by atoms with E-state index >= 15 is 0 Å². The summed E-state index contributed by atoms with van der Waals surface area (Å²) >= 11 is 0. The summed E-state index contributed by atoms with van der Waals surface area (Å²) in [5, 5.41) is 16.9. The van der Waals surface area contributed by atoms with Crippen LogP contribution in [0.2, 0.25) is 0 Å². The van der Waals surface area contributed by atoms with E-state index in [0.717, 1.165) is 0 Å². The lowest BCUT2D eigenvalue weighted by Gasteiger charge is -1.86. The monoisotopic (exact) mass is 146 g/mol. The summed E-state index contributed by atoms with van der Waals surface area (Å²) in [6, 6.07) is 3.26. The maximum absolute atomic E-state index is 8.47. The van der Waals surface area contributed by atoms with Gasteiger partial charge in [0.1, 0.15) is 24.7 Å². The molecule has 0 radical (unpaired) electrons. The minimum Gasteiger partial charge on any atom is -0.461 e. The van der Waals surface area contributed by atoms with Gasteiger partial charge in [0.2, 0.25) is 0 Å². The van der Waals surface area contributed by atoms with Gasteiger partial charge in [-0.2, -0.15) is 0 Å². The van der Waals surface area contributed by atoms with E-state index in [4.69, 9.17) is 14.6 Å². The number of hydrogen-bond donors (Lipinski definition) is 2. The van der Waals surface area contributed by atoms with Gasteiger partial charge in [-0.25, -0.2) is 0 Å². The van der Waals surface area contributed by atoms with Crippen LogP contribution in [0.15, 0.2) is 16.5 Å². The molecular weight excluding hydrogens is 136 g/mol. The van der Waals surface area contributed by atoms with Gasteiger partial charge in [0.25, 0.3) is 0 Å². The van der Waals surface area contributed by atoms with E-state index in [-0.39, 0.29) is 18.7 Å². The van der Waals surface area contributed by atoms with Crippen LogP contribution in [0.25, 0.3) is 0 Å². The Kier molecular flexibility index (Phi) is 3.71. The van der Waals surface area contributed by atoms with E-state index < -0.39 is 0 Å². The third kappa shape index (κ3) is 1.84. The summed E-state index contributed by atoms with van der Waals surface area (Å²) in [6.45, 7) is -0.222. The van der Waals surface area contributed by atoms with Crippen LogP contribution in [0.4, 0.5) is 0 Å². The maximum Gasteiger partial charge on any atom is 0.129 e. The van der Waals surface area contributed by atoms with Crippen molar-refractivity contribution in [3.8, 4) is 0 Å². The van der Waals surface area contributed by atoms with Crippen molar-refractivity contribution in [3.05, 3.63) is 23.7 Å². The number of aliphatic hydroxyl groups is 2. The average Bonchev–Trinajstić information content (AvgIpc) is 2.34. The Hall–Kier alpha value is -0.840. The summed E-state index contributed by atoms with van der Waals surface area (Å²) in [7, 11) is 0. The highest BCUT2D eigenvalue weighted by atomic mass is 16.4. The van der Waals surface area contributed by atoms with Crippen molar-refractivity contribution in [2.75, 3.05) is 0 Å². The van der Waals surface area contributed by atoms with E-state index in [2.05, 4.69) is 0 Å². The maximum atomic E-state index is 8.47. The minimum absolute atomic E-state index is 0. The van der Waals surface area contributed by atoms with Crippen molar-refractivity contribution >= 4 is 0 Å². The largest absolute Gasteiger partial charge is 0.461 e. The molecule has 0 aliphatic rings. The Morgan fingerprint density at radius 3 is 1.70 bits per heavy atom. The first-order chi connectivity index (χ1) is 4.36. The number of hydrogen-bond acceptors (Lipinski definition) is 3. The second kappa shape index (κ2) is 4.05. The molecule has 1 aromatic rings. The highest BCUT2D eigenvalue weighted by molar-refractivity contribution is 5.04. The lowest BCUT2D eigenvalue weighted by molar-refractivity contribution is 0.215. The molecule has 0 fully saturated rings. The van der Waals surface area contributed by atoms with Crippen LogP contribution in [0.3, 0.4) is 0 Å². The molecule has 0 unspecified atom stereocenters. The van der Waals surface area contributed by atoms with Crippen LogP contribution >= 0.6 is 0 Å². The molecule has 0 saturated heterocycles. The molecule has 0 amide bonds. The first-order valence-corrected chi connectivity index (χ1v) is 2.66. The van der Waals surface area contributed by atoms with E-state index in [1.54, 1.807) is 12.1 Å². The van der Waals surface area contributed by atoms with Gasteiger partial charge < -0.3 is 20.1 Å². The van der Waals surface area contributed by atoms with Gasteiger partial charge in [0.15, 0.2) is 0 Å². The lowest BCUT2D eigenvalue weighted by atomic mass is 10.4. The molecule has 58 valence electrons. The van der Waals surface area contributed by atoms with E-state index in [9.17, 15) is 0 Å². The zero-order valence-electron chi connectivity index (χ0n) is 5.37. The molecule has 0 aliphatic heterocycles. The number of furan rings is 1. The van der Waals surface area contributed by atoms with Crippen LogP contribution in [0, 0.1) is 0 Å². The van der Waals surface area contributed by atoms with E-state index in [1.165, 1.54) is 0 Å². The van der Waals surface area contributed by atoms with Crippen molar-refractivity contribution in [2.24, 2.45) is 0 Å². The zero-order chi connectivity index (χ0) is 6.69. The average molecular weight is 146 g/mol. The smallest absolute Gasteiger partial charge is 0.129 e. The predicted octanol–water partition coefficient (Wildman–Crippen LogP) is -0.560. The fourth-order valence-electron chi connectivity index (χ4n) is 0.592. The first kappa shape index (κ1) is 9.16. The second-order valence-electron chi connectivity index (χ2n) is 1.68. The lowest BCUT2D eigenvalue weighted by Crippen LogP contribution is -1.76. The van der Waals surface area contributed by atoms with Crippen LogP contribution in [-0.2, 0) is 13.2 Å². The number of aliphatic hydroxyl groups excluding tert-OH is 2. The molecule has 10 heavy (non-hydrogen) atoms. The Bertz CT molecular complexity index is 163. The predicted molar refractivity (Wildman–Crippen MR) is 34.2 cm³/mol. The van der Waals surface area contributed by atoms with Gasteiger partial charge >= 0.3 is 0 Å². The summed E-state index contributed by atoms with van der Waals surface area (Å²) in [4.78, 5) is 0. The van der Waals surface area contributed by atoms with E-state index in [0.29, 0.717) is 11.5 Å². The second-order valence-corrected chi connectivity index (χ2v) is 1.68. The normalized spacial score (nSPS) is 9.00. The Labute approximate surface area is 58.0 Å². The zero-order valence-corrected chi connectivity index (χ0v) is 5.37. The topological polar surface area (TPSA) is 85.1 Å².